The Bertz CT molecular complexity index is 841. The van der Waals surface area contributed by atoms with Crippen LogP contribution >= 0.6 is 0 Å². The van der Waals surface area contributed by atoms with Gasteiger partial charge in [0, 0.05) is 35.7 Å². The molecule has 0 aromatic heterocycles. The zero-order valence-electron chi connectivity index (χ0n) is 19.2. The Morgan fingerprint density at radius 3 is 0.944 bits per heavy atom. The second-order valence-electron chi connectivity index (χ2n) is 5.48. The van der Waals surface area contributed by atoms with E-state index in [-0.39, 0.29) is 21.1 Å². The summed E-state index contributed by atoms with van der Waals surface area (Å²) < 4.78 is 50.9. The fourth-order valence-corrected chi connectivity index (χ4v) is 7.00. The Hall–Kier alpha value is -3.03. The molecule has 3 rings (SSSR count). The average molecular weight is 669 g/mol. The van der Waals surface area contributed by atoms with E-state index >= 15 is 0 Å². The Labute approximate surface area is 227 Å². The maximum absolute atomic E-state index is 7.50. The first-order valence-corrected chi connectivity index (χ1v) is 11.3. The van der Waals surface area contributed by atoms with Crippen LogP contribution in [0.2, 0.25) is 0 Å². The maximum atomic E-state index is 7.50. The van der Waals surface area contributed by atoms with Crippen LogP contribution in [-0.4, -0.2) is 14.7 Å². The number of hydrogen-bond donors (Lipinski definition) is 0. The van der Waals surface area contributed by atoms with Crippen molar-refractivity contribution in [3.8, 4) is 0 Å². The first-order valence-electron chi connectivity index (χ1n) is 9.23. The average Bonchev–Trinajstić information content (AvgIpc) is 3.01. The molecule has 9 heteroatoms. The van der Waals surface area contributed by atoms with E-state index in [0.717, 1.165) is 0 Å². The molecule has 0 N–H and O–H groups in total. The van der Waals surface area contributed by atoms with Crippen LogP contribution in [0.25, 0.3) is 0 Å². The van der Waals surface area contributed by atoms with Crippen molar-refractivity contribution >= 4 is 23.6 Å². The topological polar surface area (TPSA) is 129 Å². The summed E-state index contributed by atoms with van der Waals surface area (Å²) in [5, 5.41) is 4.02. The minimum absolute atomic E-state index is 0. The van der Waals surface area contributed by atoms with Gasteiger partial charge in [0.1, 0.15) is 0 Å². The number of benzene rings is 3. The van der Waals surface area contributed by atoms with Gasteiger partial charge in [-0.2, -0.15) is 6.23 Å². The van der Waals surface area contributed by atoms with E-state index in [1.54, 1.807) is 0 Å². The van der Waals surface area contributed by atoms with Gasteiger partial charge in [0.15, 0.2) is 0 Å². The van der Waals surface area contributed by atoms with Crippen LogP contribution in [0.4, 0.5) is 0 Å². The Balaban J connectivity index is -0.000000217. The van der Waals surface area contributed by atoms with Gasteiger partial charge in [-0.15, -0.1) is 0 Å². The summed E-state index contributed by atoms with van der Waals surface area (Å²) in [6.45, 7) is 29.7. The third-order valence-corrected chi connectivity index (χ3v) is 8.37. The molecule has 0 aliphatic carbocycles. The SMILES string of the molecule is CCO[CH-][Si](c1ccccc1)(c1ccccc1)c1ccccc1.[C-]#[O+].[C-]#[O+].[C-]#[O+].[C-]#[O+].[C-]#[O+].[C-]#[O+].[W]. The minimum atomic E-state index is -2.29. The molecular weight excluding hydrogens is 648 g/mol. The molecule has 0 atom stereocenters. The molecule has 36 heavy (non-hydrogen) atoms. The van der Waals surface area contributed by atoms with Crippen molar-refractivity contribution in [2.24, 2.45) is 0 Å². The summed E-state index contributed by atoms with van der Waals surface area (Å²) in [5.41, 5.74) is 0. The summed E-state index contributed by atoms with van der Waals surface area (Å²) in [7, 11) is -2.29. The molecule has 0 saturated heterocycles. The number of hydrogen-bond acceptors (Lipinski definition) is 1. The normalized spacial score (nSPS) is 7.58. The first-order chi connectivity index (χ1) is 17.4. The molecule has 0 spiro atoms. The van der Waals surface area contributed by atoms with Gasteiger partial charge >= 0.3 is 67.8 Å². The Morgan fingerprint density at radius 1 is 0.528 bits per heavy atom. The molecule has 0 radical (unpaired) electrons. The molecule has 182 valence electrons. The Kier molecular flexibility index (Phi) is 40.8. The molecule has 3 aromatic rings. The standard InChI is InChI=1S/C21H21OSi.6CO.W/c1-2-22-18-23(19-12-6-3-7-13-19,20-14-8-4-9-15-20)21-16-10-5-11-17-21;6*1-2;/h3-18H,2H2,1H3;;;;;;;/q-1;;;;;;;. The second kappa shape index (κ2) is 34.1. The molecule has 0 unspecified atom stereocenters. The molecule has 0 aliphatic heterocycles. The second-order valence-corrected chi connectivity index (χ2v) is 9.06. The summed E-state index contributed by atoms with van der Waals surface area (Å²) in [4.78, 5) is 0. The quantitative estimate of drug-likeness (QED) is 0.170. The molecule has 7 nitrogen and oxygen atoms in total. The van der Waals surface area contributed by atoms with Crippen molar-refractivity contribution in [1.82, 2.24) is 0 Å². The van der Waals surface area contributed by atoms with Crippen LogP contribution in [0.5, 0.6) is 0 Å². The molecule has 0 heterocycles. The molecule has 0 aliphatic rings. The summed E-state index contributed by atoms with van der Waals surface area (Å²) >= 11 is 0. The van der Waals surface area contributed by atoms with Crippen LogP contribution in [0.15, 0.2) is 91.0 Å². The maximum Gasteiger partial charge on any atom is 0 e. The van der Waals surface area contributed by atoms with Crippen LogP contribution in [-0.2, 0) is 53.7 Å². The van der Waals surface area contributed by atoms with Crippen LogP contribution in [0.3, 0.4) is 0 Å². The number of rotatable bonds is 6. The van der Waals surface area contributed by atoms with Gasteiger partial charge in [0.05, 0.1) is 0 Å². The monoisotopic (exact) mass is 669 g/mol. The zero-order valence-corrected chi connectivity index (χ0v) is 23.1. The summed E-state index contributed by atoms with van der Waals surface area (Å²) in [6, 6.07) is 32.2. The first kappa shape index (κ1) is 43.1. The van der Waals surface area contributed by atoms with Crippen molar-refractivity contribution in [2.75, 3.05) is 6.61 Å². The molecule has 3 aromatic carbocycles. The molecule has 0 amide bonds. The van der Waals surface area contributed by atoms with E-state index in [0.29, 0.717) is 6.61 Å². The van der Waals surface area contributed by atoms with E-state index in [2.05, 4.69) is 137 Å². The van der Waals surface area contributed by atoms with Crippen molar-refractivity contribution in [3.05, 3.63) is 137 Å². The van der Waals surface area contributed by atoms with Crippen molar-refractivity contribution in [1.29, 1.82) is 0 Å². The van der Waals surface area contributed by atoms with Gasteiger partial charge in [0.25, 0.3) is 0 Å². The van der Waals surface area contributed by atoms with Gasteiger partial charge in [-0.25, -0.2) is 0 Å². The fourth-order valence-electron chi connectivity index (χ4n) is 3.02. The van der Waals surface area contributed by atoms with E-state index in [1.165, 1.54) is 15.6 Å². The third kappa shape index (κ3) is 14.4. The number of ether oxygens (including phenoxy) is 1. The summed E-state index contributed by atoms with van der Waals surface area (Å²) in [5.74, 6) is 0. The third-order valence-electron chi connectivity index (χ3n) is 4.11. The molecule has 0 saturated carbocycles. The van der Waals surface area contributed by atoms with Crippen molar-refractivity contribution in [3.63, 3.8) is 0 Å². The zero-order chi connectivity index (χ0) is 28.0. The van der Waals surface area contributed by atoms with E-state index in [9.17, 15) is 0 Å². The van der Waals surface area contributed by atoms with Crippen LogP contribution in [0, 0.1) is 46.1 Å². The van der Waals surface area contributed by atoms with Crippen LogP contribution in [0.1, 0.15) is 6.92 Å². The van der Waals surface area contributed by atoms with Gasteiger partial charge in [-0.1, -0.05) is 107 Å². The largest absolute Gasteiger partial charge is 0 e. The van der Waals surface area contributed by atoms with E-state index in [1.807, 2.05) is 6.92 Å². The van der Waals surface area contributed by atoms with Crippen LogP contribution < -0.4 is 15.6 Å². The predicted molar refractivity (Wildman–Crippen MR) is 123 cm³/mol. The van der Waals surface area contributed by atoms with Gasteiger partial charge in [-0.05, 0) is 6.92 Å². The smallest absolute Gasteiger partial charge is 0 e. The molecule has 0 fully saturated rings. The van der Waals surface area contributed by atoms with Gasteiger partial charge < -0.3 is 4.74 Å². The molecular formula is C27H21O7SiW-. The van der Waals surface area contributed by atoms with E-state index < -0.39 is 8.07 Å². The predicted octanol–water partition coefficient (Wildman–Crippen LogP) is 2.67. The van der Waals surface area contributed by atoms with Crippen molar-refractivity contribution in [2.45, 2.75) is 6.92 Å². The summed E-state index contributed by atoms with van der Waals surface area (Å²) in [6.07, 6.45) is 2.12. The van der Waals surface area contributed by atoms with Crippen molar-refractivity contribution < 1.29 is 53.7 Å². The van der Waals surface area contributed by atoms with Gasteiger partial charge in [0.2, 0.25) is 0 Å². The van der Waals surface area contributed by atoms with E-state index in [4.69, 9.17) is 32.6 Å². The Morgan fingerprint density at radius 2 is 0.750 bits per heavy atom. The minimum Gasteiger partial charge on any atom is 0 e. The fraction of sp³-hybridized carbons (Fsp3) is 0.0741. The van der Waals surface area contributed by atoms with Gasteiger partial charge in [-0.3, -0.25) is 0 Å². The molecule has 0 bridgehead atoms.